The van der Waals surface area contributed by atoms with Gasteiger partial charge < -0.3 is 9.67 Å². The van der Waals surface area contributed by atoms with Crippen molar-refractivity contribution in [2.45, 2.75) is 58.8 Å². The number of aromatic nitrogens is 4. The van der Waals surface area contributed by atoms with Crippen LogP contribution in [0.3, 0.4) is 0 Å². The van der Waals surface area contributed by atoms with E-state index in [1.54, 1.807) is 9.13 Å². The van der Waals surface area contributed by atoms with E-state index in [1.165, 1.54) is 6.92 Å². The molecule has 1 unspecified atom stereocenters. The number of fused-ring (bicyclic) bond motifs is 2. The second kappa shape index (κ2) is 8.89. The second-order valence-corrected chi connectivity index (χ2v) is 7.89. The fraction of sp³-hybridized carbons (Fsp3) is 0.375. The van der Waals surface area contributed by atoms with Crippen LogP contribution in [0.25, 0.3) is 22.1 Å². The molecule has 0 bridgehead atoms. The van der Waals surface area contributed by atoms with E-state index in [2.05, 4.69) is 4.57 Å². The first kappa shape index (κ1) is 21.1. The van der Waals surface area contributed by atoms with E-state index in [4.69, 9.17) is 4.98 Å². The van der Waals surface area contributed by atoms with Gasteiger partial charge in [-0.2, -0.15) is 0 Å². The van der Waals surface area contributed by atoms with Gasteiger partial charge in [0.15, 0.2) is 5.78 Å². The molecule has 0 aliphatic carbocycles. The SMILES string of the molecule is CCn1c(=O)n(Cc2nc3ccccc3n2CCCCC(O)C(C)=O)c2ccccc21. The highest BCUT2D eigenvalue weighted by Crippen LogP contribution is 2.20. The number of Topliss-reactive ketones (excluding diaryl/α,β-unsaturated/α-hetero) is 1. The highest BCUT2D eigenvalue weighted by molar-refractivity contribution is 5.80. The van der Waals surface area contributed by atoms with E-state index in [1.807, 2.05) is 55.5 Å². The molecule has 7 heteroatoms. The van der Waals surface area contributed by atoms with Crippen LogP contribution in [0.5, 0.6) is 0 Å². The van der Waals surface area contributed by atoms with Crippen molar-refractivity contribution in [2.24, 2.45) is 0 Å². The van der Waals surface area contributed by atoms with Gasteiger partial charge in [-0.3, -0.25) is 13.9 Å². The Bertz CT molecular complexity index is 1280. The molecule has 0 spiro atoms. The first-order valence-electron chi connectivity index (χ1n) is 10.8. The summed E-state index contributed by atoms with van der Waals surface area (Å²) < 4.78 is 5.72. The van der Waals surface area contributed by atoms with Crippen molar-refractivity contribution in [3.05, 3.63) is 64.8 Å². The molecule has 4 rings (SSSR count). The second-order valence-electron chi connectivity index (χ2n) is 7.89. The van der Waals surface area contributed by atoms with Crippen LogP contribution in [0.15, 0.2) is 53.3 Å². The maximum Gasteiger partial charge on any atom is 0.329 e. The van der Waals surface area contributed by atoms with Crippen molar-refractivity contribution in [2.75, 3.05) is 0 Å². The van der Waals surface area contributed by atoms with Crippen molar-refractivity contribution < 1.29 is 9.90 Å². The molecule has 2 aromatic heterocycles. The predicted octanol–water partition coefficient (Wildman–Crippen LogP) is 3.34. The number of carbonyl (C=O) groups excluding carboxylic acids is 1. The van der Waals surface area contributed by atoms with Crippen molar-refractivity contribution in [3.8, 4) is 0 Å². The van der Waals surface area contributed by atoms with Gasteiger partial charge >= 0.3 is 5.69 Å². The molecule has 1 atom stereocenters. The summed E-state index contributed by atoms with van der Waals surface area (Å²) in [5.41, 5.74) is 3.71. The largest absolute Gasteiger partial charge is 0.385 e. The zero-order chi connectivity index (χ0) is 22.0. The Morgan fingerprint density at radius 1 is 0.968 bits per heavy atom. The molecule has 4 aromatic rings. The topological polar surface area (TPSA) is 82.1 Å². The van der Waals surface area contributed by atoms with Crippen LogP contribution in [0.1, 0.15) is 38.9 Å². The Kier molecular flexibility index (Phi) is 6.04. The Morgan fingerprint density at radius 2 is 1.61 bits per heavy atom. The summed E-state index contributed by atoms with van der Waals surface area (Å²) in [5, 5.41) is 9.75. The van der Waals surface area contributed by atoms with Gasteiger partial charge in [-0.25, -0.2) is 9.78 Å². The van der Waals surface area contributed by atoms with Crippen molar-refractivity contribution in [1.82, 2.24) is 18.7 Å². The van der Waals surface area contributed by atoms with Gasteiger partial charge in [0.1, 0.15) is 11.9 Å². The molecule has 0 aliphatic rings. The summed E-state index contributed by atoms with van der Waals surface area (Å²) >= 11 is 0. The number of nitrogens with zero attached hydrogens (tertiary/aromatic N) is 4. The summed E-state index contributed by atoms with van der Waals surface area (Å²) in [7, 11) is 0. The molecule has 2 heterocycles. The zero-order valence-electron chi connectivity index (χ0n) is 18.0. The normalized spacial score (nSPS) is 12.6. The minimum absolute atomic E-state index is 0.0353. The molecule has 0 saturated heterocycles. The van der Waals surface area contributed by atoms with Gasteiger partial charge in [-0.1, -0.05) is 24.3 Å². The molecule has 0 amide bonds. The number of para-hydroxylation sites is 4. The number of unbranched alkanes of at least 4 members (excludes halogenated alkanes) is 1. The van der Waals surface area contributed by atoms with E-state index in [9.17, 15) is 14.7 Å². The number of aryl methyl sites for hydroxylation is 2. The van der Waals surface area contributed by atoms with Crippen LogP contribution >= 0.6 is 0 Å². The molecule has 1 N–H and O–H groups in total. The monoisotopic (exact) mass is 420 g/mol. The molecule has 2 aromatic carbocycles. The third kappa shape index (κ3) is 4.05. The predicted molar refractivity (Wildman–Crippen MR) is 121 cm³/mol. The van der Waals surface area contributed by atoms with E-state index in [-0.39, 0.29) is 11.5 Å². The number of aliphatic hydroxyl groups is 1. The smallest absolute Gasteiger partial charge is 0.329 e. The Hall–Kier alpha value is -3.19. The average Bonchev–Trinajstić information content (AvgIpc) is 3.25. The van der Waals surface area contributed by atoms with Gasteiger partial charge in [0.05, 0.1) is 28.6 Å². The van der Waals surface area contributed by atoms with Crippen molar-refractivity contribution in [1.29, 1.82) is 0 Å². The summed E-state index contributed by atoms with van der Waals surface area (Å²) in [6.45, 7) is 5.10. The minimum atomic E-state index is -0.891. The van der Waals surface area contributed by atoms with Crippen LogP contribution in [0.4, 0.5) is 0 Å². The number of benzene rings is 2. The Balaban J connectivity index is 1.67. The average molecular weight is 421 g/mol. The number of imidazole rings is 2. The van der Waals surface area contributed by atoms with E-state index in [0.29, 0.717) is 26.1 Å². The standard InChI is InChI=1S/C24H28N4O3/c1-3-26-20-12-6-7-13-21(20)28(24(26)31)16-23-25-18-10-4-5-11-19(18)27(23)15-9-8-14-22(30)17(2)29/h4-7,10-13,22,30H,3,8-9,14-16H2,1-2H3. The lowest BCUT2D eigenvalue weighted by atomic mass is 10.1. The fourth-order valence-corrected chi connectivity index (χ4v) is 4.18. The zero-order valence-corrected chi connectivity index (χ0v) is 18.0. The van der Waals surface area contributed by atoms with Crippen LogP contribution < -0.4 is 5.69 Å². The number of ketones is 1. The van der Waals surface area contributed by atoms with Crippen LogP contribution in [0.2, 0.25) is 0 Å². The summed E-state index contributed by atoms with van der Waals surface area (Å²) in [4.78, 5) is 29.2. The molecule has 7 nitrogen and oxygen atoms in total. The number of carbonyl (C=O) groups is 1. The summed E-state index contributed by atoms with van der Waals surface area (Å²) in [6.07, 6.45) is 1.11. The van der Waals surface area contributed by atoms with Crippen LogP contribution in [-0.4, -0.2) is 35.7 Å². The number of hydrogen-bond donors (Lipinski definition) is 1. The summed E-state index contributed by atoms with van der Waals surface area (Å²) in [5.74, 6) is 0.634. The van der Waals surface area contributed by atoms with E-state index < -0.39 is 6.10 Å². The Morgan fingerprint density at radius 3 is 2.29 bits per heavy atom. The van der Waals surface area contributed by atoms with Crippen molar-refractivity contribution >= 4 is 27.9 Å². The third-order valence-electron chi connectivity index (χ3n) is 5.85. The summed E-state index contributed by atoms with van der Waals surface area (Å²) in [6, 6.07) is 15.8. The van der Waals surface area contributed by atoms with Gasteiger partial charge in [-0.05, 0) is 57.4 Å². The molecule has 31 heavy (non-hydrogen) atoms. The van der Waals surface area contributed by atoms with Gasteiger partial charge in [0.25, 0.3) is 0 Å². The highest BCUT2D eigenvalue weighted by Gasteiger charge is 2.17. The fourth-order valence-electron chi connectivity index (χ4n) is 4.18. The molecule has 0 radical (unpaired) electrons. The molecule has 0 saturated carbocycles. The number of hydrogen-bond acceptors (Lipinski definition) is 4. The van der Waals surface area contributed by atoms with Gasteiger partial charge in [0.2, 0.25) is 0 Å². The molecule has 162 valence electrons. The lowest BCUT2D eigenvalue weighted by Crippen LogP contribution is -2.25. The number of rotatable bonds is 9. The lowest BCUT2D eigenvalue weighted by Gasteiger charge is -2.11. The van der Waals surface area contributed by atoms with Crippen LogP contribution in [0, 0.1) is 0 Å². The van der Waals surface area contributed by atoms with Gasteiger partial charge in [0, 0.05) is 13.1 Å². The molecular formula is C24H28N4O3. The first-order chi connectivity index (χ1) is 15.0. The van der Waals surface area contributed by atoms with Gasteiger partial charge in [-0.15, -0.1) is 0 Å². The minimum Gasteiger partial charge on any atom is -0.385 e. The quantitative estimate of drug-likeness (QED) is 0.421. The number of aliphatic hydroxyl groups excluding tert-OH is 1. The maximum atomic E-state index is 13.1. The molecule has 0 aliphatic heterocycles. The van der Waals surface area contributed by atoms with Crippen molar-refractivity contribution in [3.63, 3.8) is 0 Å². The third-order valence-corrected chi connectivity index (χ3v) is 5.85. The Labute approximate surface area is 180 Å². The molecule has 0 fully saturated rings. The van der Waals surface area contributed by atoms with E-state index >= 15 is 0 Å². The highest BCUT2D eigenvalue weighted by atomic mass is 16.3. The molecular weight excluding hydrogens is 392 g/mol. The lowest BCUT2D eigenvalue weighted by molar-refractivity contribution is -0.125. The van der Waals surface area contributed by atoms with Crippen LogP contribution in [-0.2, 0) is 24.4 Å². The van der Waals surface area contributed by atoms with E-state index in [0.717, 1.165) is 40.7 Å². The first-order valence-corrected chi connectivity index (χ1v) is 10.8. The maximum absolute atomic E-state index is 13.1.